The summed E-state index contributed by atoms with van der Waals surface area (Å²) in [5, 5.41) is 3.49. The molecule has 5 nitrogen and oxygen atoms in total. The van der Waals surface area contributed by atoms with Crippen molar-refractivity contribution in [2.24, 2.45) is 0 Å². The summed E-state index contributed by atoms with van der Waals surface area (Å²) in [7, 11) is 0. The van der Waals surface area contributed by atoms with E-state index in [2.05, 4.69) is 23.7 Å². The van der Waals surface area contributed by atoms with E-state index in [-0.39, 0.29) is 0 Å². The van der Waals surface area contributed by atoms with Gasteiger partial charge in [0.15, 0.2) is 6.29 Å². The summed E-state index contributed by atoms with van der Waals surface area (Å²) in [4.78, 5) is 31.8. The molecule has 0 aliphatic rings. The monoisotopic (exact) mass is 410 g/mol. The number of anilines is 1. The summed E-state index contributed by atoms with van der Waals surface area (Å²) >= 11 is 2.83. The first-order valence-electron chi connectivity index (χ1n) is 8.97. The van der Waals surface area contributed by atoms with E-state index in [4.69, 9.17) is 4.42 Å². The number of aromatic nitrogens is 1. The highest BCUT2D eigenvalue weighted by molar-refractivity contribution is 7.22. The minimum atomic E-state index is -0.402. The summed E-state index contributed by atoms with van der Waals surface area (Å²) in [6, 6.07) is 11.4. The van der Waals surface area contributed by atoms with Crippen molar-refractivity contribution >= 4 is 45.6 Å². The highest BCUT2D eigenvalue weighted by Crippen LogP contribution is 2.33. The van der Waals surface area contributed by atoms with Crippen LogP contribution in [-0.2, 0) is 0 Å². The third-order valence-electron chi connectivity index (χ3n) is 4.58. The lowest BCUT2D eigenvalue weighted by Crippen LogP contribution is -2.21. The number of carbonyl (C=O) groups is 1. The molecule has 0 aliphatic heterocycles. The molecule has 3 heterocycles. The Balaban J connectivity index is 1.73. The SMILES string of the molecule is CCN(CC)c1ccc2cc(-c3csc(-c4ccc(C=O)s4)n3)c(=O)oc2c1. The molecule has 0 radical (unpaired) electrons. The Morgan fingerprint density at radius 2 is 1.96 bits per heavy atom. The standard InChI is InChI=1S/C21H18N2O3S2/c1-3-23(4-2)14-6-5-13-9-16(21(25)26-18(13)10-14)17-12-27-20(22-17)19-8-7-15(11-24)28-19/h5-12H,3-4H2,1-2H3. The predicted octanol–water partition coefficient (Wildman–Crippen LogP) is 5.30. The fourth-order valence-electron chi connectivity index (χ4n) is 3.11. The van der Waals surface area contributed by atoms with Gasteiger partial charge in [0.05, 0.1) is 21.0 Å². The van der Waals surface area contributed by atoms with Gasteiger partial charge >= 0.3 is 5.63 Å². The van der Waals surface area contributed by atoms with Crippen LogP contribution in [0, 0.1) is 0 Å². The van der Waals surface area contributed by atoms with Gasteiger partial charge in [-0.05, 0) is 44.2 Å². The molecule has 0 bridgehead atoms. The van der Waals surface area contributed by atoms with Crippen molar-refractivity contribution in [2.45, 2.75) is 13.8 Å². The summed E-state index contributed by atoms with van der Waals surface area (Å²) in [6.45, 7) is 5.97. The molecule has 28 heavy (non-hydrogen) atoms. The Morgan fingerprint density at radius 3 is 2.68 bits per heavy atom. The number of nitrogens with zero attached hydrogens (tertiary/aromatic N) is 2. The van der Waals surface area contributed by atoms with E-state index in [1.807, 2.05) is 35.7 Å². The third kappa shape index (κ3) is 3.39. The maximum Gasteiger partial charge on any atom is 0.345 e. The Bertz CT molecular complexity index is 1200. The van der Waals surface area contributed by atoms with Gasteiger partial charge in [0.25, 0.3) is 0 Å². The van der Waals surface area contributed by atoms with Crippen LogP contribution >= 0.6 is 22.7 Å². The van der Waals surface area contributed by atoms with Crippen LogP contribution in [0.15, 0.2) is 51.0 Å². The molecular formula is C21H18N2O3S2. The van der Waals surface area contributed by atoms with Crippen molar-refractivity contribution in [3.63, 3.8) is 0 Å². The Hall–Kier alpha value is -2.77. The van der Waals surface area contributed by atoms with E-state index in [0.29, 0.717) is 21.7 Å². The Morgan fingerprint density at radius 1 is 1.14 bits per heavy atom. The second kappa shape index (κ2) is 7.69. The number of thiophene rings is 1. The summed E-state index contributed by atoms with van der Waals surface area (Å²) < 4.78 is 5.60. The van der Waals surface area contributed by atoms with Gasteiger partial charge in [-0.1, -0.05) is 0 Å². The minimum Gasteiger partial charge on any atom is -0.422 e. The van der Waals surface area contributed by atoms with E-state index < -0.39 is 5.63 Å². The summed E-state index contributed by atoms with van der Waals surface area (Å²) in [6.07, 6.45) is 0.827. The maximum atomic E-state index is 12.6. The second-order valence-corrected chi connectivity index (χ2v) is 8.17. The van der Waals surface area contributed by atoms with Crippen LogP contribution in [-0.4, -0.2) is 24.4 Å². The van der Waals surface area contributed by atoms with E-state index in [0.717, 1.165) is 40.3 Å². The van der Waals surface area contributed by atoms with E-state index in [1.54, 1.807) is 6.07 Å². The first-order chi connectivity index (χ1) is 13.6. The molecule has 1 aromatic carbocycles. The van der Waals surface area contributed by atoms with Crippen LogP contribution in [0.3, 0.4) is 0 Å². The van der Waals surface area contributed by atoms with Crippen molar-refractivity contribution < 1.29 is 9.21 Å². The van der Waals surface area contributed by atoms with Gasteiger partial charge in [0.1, 0.15) is 10.6 Å². The van der Waals surface area contributed by atoms with Gasteiger partial charge in [-0.2, -0.15) is 0 Å². The zero-order chi connectivity index (χ0) is 19.7. The number of benzene rings is 1. The van der Waals surface area contributed by atoms with Crippen LogP contribution in [0.25, 0.3) is 32.1 Å². The molecule has 0 spiro atoms. The van der Waals surface area contributed by atoms with Crippen LogP contribution in [0.4, 0.5) is 5.69 Å². The highest BCUT2D eigenvalue weighted by atomic mass is 32.1. The number of fused-ring (bicyclic) bond motifs is 1. The van der Waals surface area contributed by atoms with Gasteiger partial charge in [0.2, 0.25) is 0 Å². The van der Waals surface area contributed by atoms with Crippen molar-refractivity contribution in [1.29, 1.82) is 0 Å². The summed E-state index contributed by atoms with van der Waals surface area (Å²) in [5.41, 5.74) is 2.23. The Labute approximate surface area is 169 Å². The molecule has 0 aliphatic carbocycles. The van der Waals surface area contributed by atoms with Crippen LogP contribution < -0.4 is 10.5 Å². The molecule has 7 heteroatoms. The first kappa shape index (κ1) is 18.6. The molecular weight excluding hydrogens is 392 g/mol. The molecule has 0 fully saturated rings. The average Bonchev–Trinajstić information content (AvgIpc) is 3.37. The molecule has 0 saturated heterocycles. The minimum absolute atomic E-state index is 0.402. The lowest BCUT2D eigenvalue weighted by molar-refractivity contribution is 0.112. The molecule has 0 unspecified atom stereocenters. The lowest BCUT2D eigenvalue weighted by Gasteiger charge is -2.20. The first-order valence-corrected chi connectivity index (χ1v) is 10.7. The molecule has 0 atom stereocenters. The molecule has 4 rings (SSSR count). The molecule has 142 valence electrons. The van der Waals surface area contributed by atoms with Gasteiger partial charge in [-0.3, -0.25) is 4.79 Å². The zero-order valence-electron chi connectivity index (χ0n) is 15.5. The normalized spacial score (nSPS) is 11.1. The Kier molecular flexibility index (Phi) is 5.11. The molecule has 0 N–H and O–H groups in total. The summed E-state index contributed by atoms with van der Waals surface area (Å²) in [5.74, 6) is 0. The van der Waals surface area contributed by atoms with Gasteiger partial charge < -0.3 is 9.32 Å². The van der Waals surface area contributed by atoms with E-state index >= 15 is 0 Å². The number of hydrogen-bond acceptors (Lipinski definition) is 7. The smallest absolute Gasteiger partial charge is 0.345 e. The molecule has 4 aromatic rings. The molecule has 3 aromatic heterocycles. The average molecular weight is 411 g/mol. The number of aldehydes is 1. The van der Waals surface area contributed by atoms with Gasteiger partial charge in [0, 0.05) is 35.6 Å². The number of hydrogen-bond donors (Lipinski definition) is 0. The van der Waals surface area contributed by atoms with E-state index in [1.165, 1.54) is 22.7 Å². The van der Waals surface area contributed by atoms with Gasteiger partial charge in [-0.25, -0.2) is 9.78 Å². The quantitative estimate of drug-likeness (QED) is 0.319. The number of rotatable bonds is 6. The highest BCUT2D eigenvalue weighted by Gasteiger charge is 2.14. The van der Waals surface area contributed by atoms with Crippen LogP contribution in [0.1, 0.15) is 23.5 Å². The lowest BCUT2D eigenvalue weighted by atomic mass is 10.1. The van der Waals surface area contributed by atoms with Crippen LogP contribution in [0.5, 0.6) is 0 Å². The van der Waals surface area contributed by atoms with Crippen molar-refractivity contribution in [3.05, 3.63) is 57.1 Å². The fraction of sp³-hybridized carbons (Fsp3) is 0.190. The fourth-order valence-corrected chi connectivity index (χ4v) is 4.82. The topological polar surface area (TPSA) is 63.4 Å². The van der Waals surface area contributed by atoms with Crippen molar-refractivity contribution in [1.82, 2.24) is 4.98 Å². The molecule has 0 amide bonds. The van der Waals surface area contributed by atoms with Gasteiger partial charge in [-0.15, -0.1) is 22.7 Å². The van der Waals surface area contributed by atoms with Crippen molar-refractivity contribution in [2.75, 3.05) is 18.0 Å². The number of thiazole rings is 1. The van der Waals surface area contributed by atoms with Crippen molar-refractivity contribution in [3.8, 4) is 21.1 Å². The van der Waals surface area contributed by atoms with E-state index in [9.17, 15) is 9.59 Å². The maximum absolute atomic E-state index is 12.6. The predicted molar refractivity (Wildman–Crippen MR) is 116 cm³/mol. The largest absolute Gasteiger partial charge is 0.422 e. The van der Waals surface area contributed by atoms with Crippen LogP contribution in [0.2, 0.25) is 0 Å². The third-order valence-corrected chi connectivity index (χ3v) is 6.60. The number of carbonyl (C=O) groups excluding carboxylic acids is 1. The molecule has 0 saturated carbocycles. The second-order valence-electron chi connectivity index (χ2n) is 6.20. The zero-order valence-corrected chi connectivity index (χ0v) is 17.1.